The molecule has 2 aromatic carbocycles. The van der Waals surface area contributed by atoms with E-state index >= 15 is 0 Å². The number of nitro groups is 1. The van der Waals surface area contributed by atoms with Crippen molar-refractivity contribution >= 4 is 23.0 Å². The Morgan fingerprint density at radius 2 is 1.75 bits per heavy atom. The average molecular weight is 293 g/mol. The smallest absolute Gasteiger partial charge is 0.269 e. The molecule has 0 aliphatic heterocycles. The van der Waals surface area contributed by atoms with Gasteiger partial charge < -0.3 is 10.4 Å². The van der Waals surface area contributed by atoms with E-state index in [0.29, 0.717) is 17.3 Å². The second-order valence-corrected chi connectivity index (χ2v) is 4.69. The largest absolute Gasteiger partial charge is 0.387 e. The number of nitrogens with zero attached hydrogens (tertiary/aromatic N) is 1. The van der Waals surface area contributed by atoms with Gasteiger partial charge in [0.25, 0.3) is 5.69 Å². The highest BCUT2D eigenvalue weighted by atomic mass is 35.5. The van der Waals surface area contributed by atoms with Crippen molar-refractivity contribution in [1.82, 2.24) is 0 Å². The molecule has 0 bridgehead atoms. The van der Waals surface area contributed by atoms with Gasteiger partial charge in [-0.05, 0) is 29.8 Å². The van der Waals surface area contributed by atoms with E-state index < -0.39 is 11.0 Å². The van der Waals surface area contributed by atoms with E-state index in [9.17, 15) is 15.2 Å². The van der Waals surface area contributed by atoms with Crippen LogP contribution in [0.3, 0.4) is 0 Å². The van der Waals surface area contributed by atoms with Crippen LogP contribution >= 0.6 is 11.6 Å². The number of aliphatic hydroxyl groups is 1. The van der Waals surface area contributed by atoms with Gasteiger partial charge in [0.2, 0.25) is 0 Å². The SMILES string of the molecule is O=[N+]([O-])c1ccc(NCC(O)c2ccc(Cl)cc2)cc1. The number of non-ortho nitro benzene ring substituents is 1. The zero-order chi connectivity index (χ0) is 14.5. The highest BCUT2D eigenvalue weighted by Crippen LogP contribution is 2.19. The van der Waals surface area contributed by atoms with Crippen molar-refractivity contribution in [3.05, 3.63) is 69.2 Å². The van der Waals surface area contributed by atoms with Gasteiger partial charge in [-0.25, -0.2) is 0 Å². The van der Waals surface area contributed by atoms with Gasteiger partial charge in [0.1, 0.15) is 0 Å². The van der Waals surface area contributed by atoms with Crippen LogP contribution in [0.5, 0.6) is 0 Å². The van der Waals surface area contributed by atoms with Gasteiger partial charge in [-0.15, -0.1) is 0 Å². The van der Waals surface area contributed by atoms with Crippen molar-refractivity contribution < 1.29 is 10.0 Å². The zero-order valence-corrected chi connectivity index (χ0v) is 11.2. The Hall–Kier alpha value is -2.11. The van der Waals surface area contributed by atoms with Gasteiger partial charge in [-0.2, -0.15) is 0 Å². The topological polar surface area (TPSA) is 75.4 Å². The molecule has 0 heterocycles. The first-order chi connectivity index (χ1) is 9.56. The van der Waals surface area contributed by atoms with E-state index in [1.165, 1.54) is 12.1 Å². The van der Waals surface area contributed by atoms with Crippen LogP contribution in [0.1, 0.15) is 11.7 Å². The highest BCUT2D eigenvalue weighted by Gasteiger charge is 2.08. The fraction of sp³-hybridized carbons (Fsp3) is 0.143. The van der Waals surface area contributed by atoms with Crippen LogP contribution in [0.25, 0.3) is 0 Å². The molecular weight excluding hydrogens is 280 g/mol. The molecule has 0 saturated heterocycles. The van der Waals surface area contributed by atoms with E-state index in [4.69, 9.17) is 11.6 Å². The predicted octanol–water partition coefficient (Wildman–Crippen LogP) is 3.39. The van der Waals surface area contributed by atoms with Crippen LogP contribution in [0.15, 0.2) is 48.5 Å². The minimum atomic E-state index is -0.678. The molecule has 0 saturated carbocycles. The van der Waals surface area contributed by atoms with Crippen molar-refractivity contribution in [2.45, 2.75) is 6.10 Å². The van der Waals surface area contributed by atoms with Crippen molar-refractivity contribution in [2.24, 2.45) is 0 Å². The molecule has 20 heavy (non-hydrogen) atoms. The number of anilines is 1. The molecule has 2 N–H and O–H groups in total. The second-order valence-electron chi connectivity index (χ2n) is 4.25. The summed E-state index contributed by atoms with van der Waals surface area (Å²) in [6, 6.07) is 13.0. The summed E-state index contributed by atoms with van der Waals surface area (Å²) in [5.41, 5.74) is 1.50. The maximum atomic E-state index is 10.5. The molecule has 0 spiro atoms. The van der Waals surface area contributed by atoms with Gasteiger partial charge >= 0.3 is 0 Å². The van der Waals surface area contributed by atoms with Gasteiger partial charge in [-0.1, -0.05) is 23.7 Å². The van der Waals surface area contributed by atoms with Gasteiger partial charge in [0.05, 0.1) is 11.0 Å². The lowest BCUT2D eigenvalue weighted by Gasteiger charge is -2.13. The summed E-state index contributed by atoms with van der Waals surface area (Å²) in [6.45, 7) is 0.305. The van der Waals surface area contributed by atoms with E-state index in [2.05, 4.69) is 5.32 Å². The monoisotopic (exact) mass is 292 g/mol. The molecule has 5 nitrogen and oxygen atoms in total. The molecule has 2 aromatic rings. The summed E-state index contributed by atoms with van der Waals surface area (Å²) in [4.78, 5) is 10.1. The molecular formula is C14H13ClN2O3. The van der Waals surface area contributed by atoms with Crippen molar-refractivity contribution in [3.8, 4) is 0 Å². The van der Waals surface area contributed by atoms with Crippen LogP contribution in [-0.2, 0) is 0 Å². The van der Waals surface area contributed by atoms with Crippen LogP contribution < -0.4 is 5.32 Å². The van der Waals surface area contributed by atoms with Crippen LogP contribution in [0.2, 0.25) is 5.02 Å². The van der Waals surface area contributed by atoms with Crippen molar-refractivity contribution in [3.63, 3.8) is 0 Å². The van der Waals surface area contributed by atoms with Crippen molar-refractivity contribution in [1.29, 1.82) is 0 Å². The zero-order valence-electron chi connectivity index (χ0n) is 10.5. The van der Waals surface area contributed by atoms with Gasteiger partial charge in [0.15, 0.2) is 0 Å². The Kier molecular flexibility index (Phi) is 4.55. The normalized spacial score (nSPS) is 11.9. The summed E-state index contributed by atoms with van der Waals surface area (Å²) in [7, 11) is 0. The Balaban J connectivity index is 1.94. The molecule has 0 amide bonds. The van der Waals surface area contributed by atoms with Crippen LogP contribution in [-0.4, -0.2) is 16.6 Å². The fourth-order valence-electron chi connectivity index (χ4n) is 1.72. The third-order valence-electron chi connectivity index (χ3n) is 2.83. The second kappa shape index (κ2) is 6.36. The molecule has 1 unspecified atom stereocenters. The standard InChI is InChI=1S/C14H13ClN2O3/c15-11-3-1-10(2-4-11)14(18)9-16-12-5-7-13(8-6-12)17(19)20/h1-8,14,16,18H,9H2. The Morgan fingerprint density at radius 3 is 2.30 bits per heavy atom. The number of benzene rings is 2. The molecule has 2 rings (SSSR count). The van der Waals surface area contributed by atoms with Crippen molar-refractivity contribution in [2.75, 3.05) is 11.9 Å². The molecule has 0 fully saturated rings. The third-order valence-corrected chi connectivity index (χ3v) is 3.08. The number of nitrogens with one attached hydrogen (secondary N) is 1. The molecule has 6 heteroatoms. The average Bonchev–Trinajstić information content (AvgIpc) is 2.46. The number of hydrogen-bond acceptors (Lipinski definition) is 4. The minimum absolute atomic E-state index is 0.0359. The Labute approximate surface area is 121 Å². The Morgan fingerprint density at radius 1 is 1.15 bits per heavy atom. The number of nitro benzene ring substituents is 1. The molecule has 104 valence electrons. The lowest BCUT2D eigenvalue weighted by Crippen LogP contribution is -2.11. The predicted molar refractivity (Wildman–Crippen MR) is 78.0 cm³/mol. The molecule has 1 atom stereocenters. The first kappa shape index (κ1) is 14.3. The fourth-order valence-corrected chi connectivity index (χ4v) is 1.84. The summed E-state index contributed by atoms with van der Waals surface area (Å²) < 4.78 is 0. The number of halogens is 1. The van der Waals surface area contributed by atoms with Crippen LogP contribution in [0.4, 0.5) is 11.4 Å². The van der Waals surface area contributed by atoms with Gasteiger partial charge in [-0.3, -0.25) is 10.1 Å². The van der Waals surface area contributed by atoms with Gasteiger partial charge in [0, 0.05) is 29.4 Å². The molecule has 0 aliphatic carbocycles. The molecule has 0 aliphatic rings. The van der Waals surface area contributed by atoms with Crippen LogP contribution in [0, 0.1) is 10.1 Å². The lowest BCUT2D eigenvalue weighted by molar-refractivity contribution is -0.384. The minimum Gasteiger partial charge on any atom is -0.387 e. The van der Waals surface area contributed by atoms with E-state index in [0.717, 1.165) is 5.56 Å². The lowest BCUT2D eigenvalue weighted by atomic mass is 10.1. The number of rotatable bonds is 5. The third kappa shape index (κ3) is 3.69. The summed E-state index contributed by atoms with van der Waals surface area (Å²) in [6.07, 6.45) is -0.678. The van der Waals surface area contributed by atoms with E-state index in [1.54, 1.807) is 36.4 Å². The quantitative estimate of drug-likeness (QED) is 0.654. The van der Waals surface area contributed by atoms with E-state index in [-0.39, 0.29) is 5.69 Å². The number of hydrogen-bond donors (Lipinski definition) is 2. The van der Waals surface area contributed by atoms with E-state index in [1.807, 2.05) is 0 Å². The highest BCUT2D eigenvalue weighted by molar-refractivity contribution is 6.30. The maximum Gasteiger partial charge on any atom is 0.269 e. The molecule has 0 radical (unpaired) electrons. The maximum absolute atomic E-state index is 10.5. The first-order valence-corrected chi connectivity index (χ1v) is 6.36. The summed E-state index contributed by atoms with van der Waals surface area (Å²) >= 11 is 5.78. The molecule has 0 aromatic heterocycles. The summed E-state index contributed by atoms with van der Waals surface area (Å²) in [5, 5.41) is 24.2. The Bertz CT molecular complexity index is 584. The first-order valence-electron chi connectivity index (χ1n) is 5.98. The number of aliphatic hydroxyl groups excluding tert-OH is 1. The summed E-state index contributed by atoms with van der Waals surface area (Å²) in [5.74, 6) is 0.